The minimum Gasteiger partial charge on any atom is -0.442 e. The van der Waals surface area contributed by atoms with Gasteiger partial charge >= 0.3 is 6.09 Å². The zero-order valence-corrected chi connectivity index (χ0v) is 16.9. The Morgan fingerprint density at radius 2 is 1.93 bits per heavy atom. The van der Waals surface area contributed by atoms with Crippen molar-refractivity contribution in [3.8, 4) is 11.1 Å². The van der Waals surface area contributed by atoms with Crippen LogP contribution in [0.5, 0.6) is 0 Å². The van der Waals surface area contributed by atoms with Gasteiger partial charge in [-0.2, -0.15) is 0 Å². The standard InChI is InChI=1S/C21H21FN2O4S/c1-13(25)23-10-18-11-24(21(27)28-18)17-7-8-19(20(22)9-17)16-5-3-15(4-6-16)12-29-14(2)26/h3-9,18H,10-12H2,1-2H3,(H,23,25). The summed E-state index contributed by atoms with van der Waals surface area (Å²) in [6.07, 6.45) is -1.05. The van der Waals surface area contributed by atoms with Gasteiger partial charge in [-0.3, -0.25) is 14.5 Å². The number of benzene rings is 2. The number of rotatable bonds is 6. The lowest BCUT2D eigenvalue weighted by molar-refractivity contribution is -0.119. The SMILES string of the molecule is CC(=O)NCC1CN(c2ccc(-c3ccc(CSC(C)=O)cc3)c(F)c2)C(=O)O1. The Bertz CT molecular complexity index is 933. The molecule has 1 unspecified atom stereocenters. The van der Waals surface area contributed by atoms with Crippen LogP contribution in [-0.2, 0) is 20.1 Å². The number of halogens is 1. The second-order valence-electron chi connectivity index (χ2n) is 6.69. The van der Waals surface area contributed by atoms with Gasteiger partial charge < -0.3 is 10.1 Å². The van der Waals surface area contributed by atoms with Gasteiger partial charge in [0.1, 0.15) is 11.9 Å². The van der Waals surface area contributed by atoms with E-state index >= 15 is 0 Å². The fourth-order valence-corrected chi connectivity index (χ4v) is 3.53. The molecule has 0 saturated carbocycles. The van der Waals surface area contributed by atoms with Gasteiger partial charge in [0, 0.05) is 25.2 Å². The number of nitrogens with one attached hydrogen (secondary N) is 1. The molecule has 29 heavy (non-hydrogen) atoms. The first kappa shape index (κ1) is 20.9. The van der Waals surface area contributed by atoms with Crippen molar-refractivity contribution in [3.63, 3.8) is 0 Å². The average molecular weight is 416 g/mol. The molecule has 0 spiro atoms. The molecule has 1 heterocycles. The first-order valence-corrected chi connectivity index (χ1v) is 10.1. The summed E-state index contributed by atoms with van der Waals surface area (Å²) in [7, 11) is 0. The lowest BCUT2D eigenvalue weighted by Gasteiger charge is -2.14. The molecule has 1 aliphatic rings. The molecule has 1 fully saturated rings. The van der Waals surface area contributed by atoms with Gasteiger partial charge in [-0.15, -0.1) is 0 Å². The molecule has 1 aliphatic heterocycles. The third kappa shape index (κ3) is 5.35. The van der Waals surface area contributed by atoms with Crippen LogP contribution in [0, 0.1) is 5.82 Å². The number of thioether (sulfide) groups is 1. The summed E-state index contributed by atoms with van der Waals surface area (Å²) in [5, 5.41) is 2.66. The fourth-order valence-electron chi connectivity index (χ4n) is 2.97. The topological polar surface area (TPSA) is 75.7 Å². The molecule has 2 aromatic rings. The molecule has 152 valence electrons. The minimum atomic E-state index is -0.570. The van der Waals surface area contributed by atoms with Crippen molar-refractivity contribution in [2.45, 2.75) is 25.7 Å². The highest BCUT2D eigenvalue weighted by Gasteiger charge is 2.32. The van der Waals surface area contributed by atoms with E-state index in [9.17, 15) is 18.8 Å². The zero-order valence-electron chi connectivity index (χ0n) is 16.1. The molecular formula is C21H21FN2O4S. The number of cyclic esters (lactones) is 1. The number of amides is 2. The number of hydrogen-bond acceptors (Lipinski definition) is 5. The number of ether oxygens (including phenoxy) is 1. The molecule has 3 rings (SSSR count). The lowest BCUT2D eigenvalue weighted by atomic mass is 10.0. The molecular weight excluding hydrogens is 395 g/mol. The number of carbonyl (C=O) groups excluding carboxylic acids is 3. The van der Waals surface area contributed by atoms with Crippen molar-refractivity contribution < 1.29 is 23.5 Å². The summed E-state index contributed by atoms with van der Waals surface area (Å²) < 4.78 is 19.9. The summed E-state index contributed by atoms with van der Waals surface area (Å²) in [4.78, 5) is 35.5. The smallest absolute Gasteiger partial charge is 0.414 e. The van der Waals surface area contributed by atoms with Crippen LogP contribution in [0.3, 0.4) is 0 Å². The van der Waals surface area contributed by atoms with Crippen LogP contribution < -0.4 is 10.2 Å². The van der Waals surface area contributed by atoms with E-state index < -0.39 is 18.0 Å². The first-order valence-electron chi connectivity index (χ1n) is 9.08. The van der Waals surface area contributed by atoms with Gasteiger partial charge in [-0.05, 0) is 29.3 Å². The lowest BCUT2D eigenvalue weighted by Crippen LogP contribution is -2.33. The third-order valence-electron chi connectivity index (χ3n) is 4.42. The van der Waals surface area contributed by atoms with E-state index in [1.165, 1.54) is 36.6 Å². The van der Waals surface area contributed by atoms with Crippen LogP contribution in [0.2, 0.25) is 0 Å². The van der Waals surface area contributed by atoms with E-state index in [1.54, 1.807) is 12.1 Å². The molecule has 1 N–H and O–H groups in total. The van der Waals surface area contributed by atoms with Crippen LogP contribution in [0.4, 0.5) is 14.9 Å². The normalized spacial score (nSPS) is 15.9. The second-order valence-corrected chi connectivity index (χ2v) is 7.85. The maximum Gasteiger partial charge on any atom is 0.414 e. The molecule has 2 amide bonds. The van der Waals surface area contributed by atoms with Gasteiger partial charge in [0.15, 0.2) is 5.12 Å². The van der Waals surface area contributed by atoms with Gasteiger partial charge in [-0.1, -0.05) is 36.0 Å². The third-order valence-corrected chi connectivity index (χ3v) is 5.31. The predicted molar refractivity (Wildman–Crippen MR) is 110 cm³/mol. The van der Waals surface area contributed by atoms with E-state index in [-0.39, 0.29) is 24.1 Å². The van der Waals surface area contributed by atoms with Gasteiger partial charge in [0.2, 0.25) is 5.91 Å². The maximum atomic E-state index is 14.7. The Morgan fingerprint density at radius 3 is 2.55 bits per heavy atom. The van der Waals surface area contributed by atoms with Crippen molar-refractivity contribution >= 4 is 34.6 Å². The number of carbonyl (C=O) groups is 3. The Labute approximate surface area is 172 Å². The quantitative estimate of drug-likeness (QED) is 0.777. The van der Waals surface area contributed by atoms with Crippen molar-refractivity contribution in [3.05, 3.63) is 53.8 Å². The maximum absolute atomic E-state index is 14.7. The first-order chi connectivity index (χ1) is 13.8. The van der Waals surface area contributed by atoms with E-state index in [1.807, 2.05) is 24.3 Å². The van der Waals surface area contributed by atoms with Gasteiger partial charge in [0.25, 0.3) is 0 Å². The molecule has 6 nitrogen and oxygen atoms in total. The number of nitrogens with zero attached hydrogens (tertiary/aromatic N) is 1. The summed E-state index contributed by atoms with van der Waals surface area (Å²) in [5.74, 6) is -0.0828. The highest BCUT2D eigenvalue weighted by Crippen LogP contribution is 2.29. The summed E-state index contributed by atoms with van der Waals surface area (Å²) in [6, 6.07) is 11.9. The number of anilines is 1. The molecule has 1 atom stereocenters. The monoisotopic (exact) mass is 416 g/mol. The molecule has 8 heteroatoms. The molecule has 0 aliphatic carbocycles. The molecule has 0 aromatic heterocycles. The molecule has 2 aromatic carbocycles. The molecule has 1 saturated heterocycles. The minimum absolute atomic E-state index is 0.0514. The molecule has 0 radical (unpaired) electrons. The van der Waals surface area contributed by atoms with E-state index in [0.717, 1.165) is 5.56 Å². The van der Waals surface area contributed by atoms with Crippen molar-refractivity contribution in [2.75, 3.05) is 18.0 Å². The van der Waals surface area contributed by atoms with E-state index in [4.69, 9.17) is 4.74 Å². The predicted octanol–water partition coefficient (Wildman–Crippen LogP) is 3.73. The van der Waals surface area contributed by atoms with Crippen LogP contribution in [0.25, 0.3) is 11.1 Å². The van der Waals surface area contributed by atoms with Crippen molar-refractivity contribution in [1.29, 1.82) is 0 Å². The highest BCUT2D eigenvalue weighted by molar-refractivity contribution is 8.12. The summed E-state index contributed by atoms with van der Waals surface area (Å²) >= 11 is 1.23. The zero-order chi connectivity index (χ0) is 21.0. The van der Waals surface area contributed by atoms with Crippen molar-refractivity contribution in [1.82, 2.24) is 5.32 Å². The Balaban J connectivity index is 1.71. The van der Waals surface area contributed by atoms with Crippen LogP contribution in [-0.4, -0.2) is 36.3 Å². The Morgan fingerprint density at radius 1 is 1.21 bits per heavy atom. The second kappa shape index (κ2) is 9.09. The van der Waals surface area contributed by atoms with Crippen LogP contribution in [0.15, 0.2) is 42.5 Å². The van der Waals surface area contributed by atoms with Gasteiger partial charge in [0.05, 0.1) is 18.8 Å². The van der Waals surface area contributed by atoms with E-state index in [0.29, 0.717) is 22.6 Å². The van der Waals surface area contributed by atoms with E-state index in [2.05, 4.69) is 5.32 Å². The Kier molecular flexibility index (Phi) is 6.53. The highest BCUT2D eigenvalue weighted by atomic mass is 32.2. The largest absolute Gasteiger partial charge is 0.442 e. The van der Waals surface area contributed by atoms with Gasteiger partial charge in [-0.25, -0.2) is 9.18 Å². The number of hydrogen-bond donors (Lipinski definition) is 1. The van der Waals surface area contributed by atoms with Crippen LogP contribution >= 0.6 is 11.8 Å². The summed E-state index contributed by atoms with van der Waals surface area (Å²) in [6.45, 7) is 3.36. The average Bonchev–Trinajstić information content (AvgIpc) is 3.06. The Hall–Kier alpha value is -2.87. The fraction of sp³-hybridized carbons (Fsp3) is 0.286. The molecule has 0 bridgehead atoms. The summed E-state index contributed by atoms with van der Waals surface area (Å²) in [5.41, 5.74) is 2.51. The van der Waals surface area contributed by atoms with Crippen LogP contribution in [0.1, 0.15) is 19.4 Å². The van der Waals surface area contributed by atoms with Crippen molar-refractivity contribution in [2.24, 2.45) is 0 Å².